The van der Waals surface area contributed by atoms with Crippen LogP contribution in [-0.4, -0.2) is 4.98 Å². The highest BCUT2D eigenvalue weighted by molar-refractivity contribution is 9.10. The van der Waals surface area contributed by atoms with Crippen LogP contribution in [0.3, 0.4) is 0 Å². The van der Waals surface area contributed by atoms with Gasteiger partial charge in [0, 0.05) is 9.86 Å². The SMILES string of the molecule is Cc1cc2cc(Br)cc(C)c2nc1NN. The number of hydrazine groups is 1. The van der Waals surface area contributed by atoms with Gasteiger partial charge >= 0.3 is 0 Å². The molecule has 0 saturated carbocycles. The second-order valence-corrected chi connectivity index (χ2v) is 4.51. The van der Waals surface area contributed by atoms with Crippen LogP contribution in [0.5, 0.6) is 0 Å². The molecule has 2 aromatic rings. The molecule has 0 atom stereocenters. The zero-order chi connectivity index (χ0) is 11.0. The third-order valence-corrected chi connectivity index (χ3v) is 2.86. The molecule has 0 fully saturated rings. The molecule has 1 heterocycles. The van der Waals surface area contributed by atoms with E-state index in [2.05, 4.69) is 38.5 Å². The van der Waals surface area contributed by atoms with Gasteiger partial charge < -0.3 is 5.43 Å². The van der Waals surface area contributed by atoms with Gasteiger partial charge in [-0.05, 0) is 43.2 Å². The second-order valence-electron chi connectivity index (χ2n) is 3.59. The lowest BCUT2D eigenvalue weighted by atomic mass is 10.1. The summed E-state index contributed by atoms with van der Waals surface area (Å²) in [5.41, 5.74) is 5.77. The van der Waals surface area contributed by atoms with Crippen LogP contribution < -0.4 is 11.3 Å². The van der Waals surface area contributed by atoms with Crippen LogP contribution >= 0.6 is 15.9 Å². The summed E-state index contributed by atoms with van der Waals surface area (Å²) in [5.74, 6) is 6.13. The number of aryl methyl sites for hydroxylation is 2. The van der Waals surface area contributed by atoms with Crippen molar-refractivity contribution in [3.63, 3.8) is 0 Å². The molecule has 0 bridgehead atoms. The molecule has 4 heteroatoms. The lowest BCUT2D eigenvalue weighted by Crippen LogP contribution is -2.10. The number of hydrogen-bond donors (Lipinski definition) is 2. The molecule has 0 aliphatic carbocycles. The van der Waals surface area contributed by atoms with Gasteiger partial charge in [-0.2, -0.15) is 0 Å². The Morgan fingerprint density at radius 2 is 1.93 bits per heavy atom. The van der Waals surface area contributed by atoms with Crippen LogP contribution in [0, 0.1) is 13.8 Å². The van der Waals surface area contributed by atoms with Crippen molar-refractivity contribution in [1.82, 2.24) is 4.98 Å². The maximum atomic E-state index is 5.40. The van der Waals surface area contributed by atoms with Crippen molar-refractivity contribution in [3.8, 4) is 0 Å². The van der Waals surface area contributed by atoms with Crippen LogP contribution in [0.2, 0.25) is 0 Å². The Morgan fingerprint density at radius 3 is 2.60 bits per heavy atom. The van der Waals surface area contributed by atoms with E-state index in [1.165, 1.54) is 0 Å². The Balaban J connectivity index is 2.81. The number of nitrogens with two attached hydrogens (primary N) is 1. The van der Waals surface area contributed by atoms with Crippen molar-refractivity contribution >= 4 is 32.7 Å². The molecule has 2 rings (SSSR count). The fraction of sp³-hybridized carbons (Fsp3) is 0.182. The minimum Gasteiger partial charge on any atom is -0.308 e. The number of anilines is 1. The third kappa shape index (κ3) is 1.82. The van der Waals surface area contributed by atoms with Gasteiger partial charge in [-0.1, -0.05) is 15.9 Å². The summed E-state index contributed by atoms with van der Waals surface area (Å²) in [6, 6.07) is 6.18. The van der Waals surface area contributed by atoms with Crippen LogP contribution in [0.4, 0.5) is 5.82 Å². The normalized spacial score (nSPS) is 10.7. The van der Waals surface area contributed by atoms with E-state index in [1.807, 2.05) is 19.9 Å². The molecule has 0 saturated heterocycles. The molecule has 15 heavy (non-hydrogen) atoms. The van der Waals surface area contributed by atoms with Crippen LogP contribution in [0.1, 0.15) is 11.1 Å². The van der Waals surface area contributed by atoms with E-state index in [0.29, 0.717) is 0 Å². The number of rotatable bonds is 1. The summed E-state index contributed by atoms with van der Waals surface area (Å²) < 4.78 is 1.07. The number of benzene rings is 1. The van der Waals surface area contributed by atoms with Crippen molar-refractivity contribution in [3.05, 3.63) is 33.8 Å². The van der Waals surface area contributed by atoms with Crippen molar-refractivity contribution in [2.75, 3.05) is 5.43 Å². The first-order valence-corrected chi connectivity index (χ1v) is 5.45. The zero-order valence-electron chi connectivity index (χ0n) is 8.63. The minimum absolute atomic E-state index is 0.730. The summed E-state index contributed by atoms with van der Waals surface area (Å²) >= 11 is 3.48. The number of nitrogen functional groups attached to an aromatic ring is 1. The molecule has 1 aromatic heterocycles. The van der Waals surface area contributed by atoms with Gasteiger partial charge in [0.15, 0.2) is 0 Å². The lowest BCUT2D eigenvalue weighted by Gasteiger charge is -2.08. The molecule has 78 valence electrons. The highest BCUT2D eigenvalue weighted by Crippen LogP contribution is 2.25. The Kier molecular flexibility index (Phi) is 2.63. The molecule has 3 N–H and O–H groups in total. The van der Waals surface area contributed by atoms with E-state index in [0.717, 1.165) is 32.3 Å². The Bertz CT molecular complexity index is 523. The number of aromatic nitrogens is 1. The summed E-state index contributed by atoms with van der Waals surface area (Å²) in [6.07, 6.45) is 0. The van der Waals surface area contributed by atoms with Gasteiger partial charge in [0.2, 0.25) is 0 Å². The molecule has 0 radical (unpaired) electrons. The minimum atomic E-state index is 0.730. The lowest BCUT2D eigenvalue weighted by molar-refractivity contribution is 1.22. The molecule has 0 unspecified atom stereocenters. The monoisotopic (exact) mass is 265 g/mol. The molecule has 0 aliphatic heterocycles. The summed E-state index contributed by atoms with van der Waals surface area (Å²) in [5, 5.41) is 1.12. The van der Waals surface area contributed by atoms with Crippen molar-refractivity contribution in [2.45, 2.75) is 13.8 Å². The van der Waals surface area contributed by atoms with E-state index >= 15 is 0 Å². The molecule has 0 amide bonds. The number of hydrogen-bond acceptors (Lipinski definition) is 3. The zero-order valence-corrected chi connectivity index (χ0v) is 10.2. The molecule has 0 spiro atoms. The third-order valence-electron chi connectivity index (χ3n) is 2.40. The van der Waals surface area contributed by atoms with Crippen LogP contribution in [-0.2, 0) is 0 Å². The highest BCUT2D eigenvalue weighted by atomic mass is 79.9. The number of nitrogens with one attached hydrogen (secondary N) is 1. The van der Waals surface area contributed by atoms with E-state index in [4.69, 9.17) is 5.84 Å². The number of fused-ring (bicyclic) bond motifs is 1. The predicted octanol–water partition coefficient (Wildman–Crippen LogP) is 2.90. The standard InChI is InChI=1S/C11H12BrN3/c1-6-4-9(12)5-8-3-7(2)11(15-13)14-10(6)8/h3-5H,13H2,1-2H3,(H,14,15). The molecule has 0 aliphatic rings. The summed E-state index contributed by atoms with van der Waals surface area (Å²) in [7, 11) is 0. The number of pyridine rings is 1. The van der Waals surface area contributed by atoms with Crippen molar-refractivity contribution in [1.29, 1.82) is 0 Å². The van der Waals surface area contributed by atoms with E-state index in [1.54, 1.807) is 0 Å². The van der Waals surface area contributed by atoms with E-state index < -0.39 is 0 Å². The van der Waals surface area contributed by atoms with Crippen molar-refractivity contribution in [2.24, 2.45) is 5.84 Å². The van der Waals surface area contributed by atoms with Crippen molar-refractivity contribution < 1.29 is 0 Å². The van der Waals surface area contributed by atoms with Crippen LogP contribution in [0.15, 0.2) is 22.7 Å². The molecule has 3 nitrogen and oxygen atoms in total. The molecule has 1 aromatic carbocycles. The topological polar surface area (TPSA) is 50.9 Å². The Morgan fingerprint density at radius 1 is 1.20 bits per heavy atom. The van der Waals surface area contributed by atoms with E-state index in [-0.39, 0.29) is 0 Å². The first kappa shape index (κ1) is 10.4. The van der Waals surface area contributed by atoms with E-state index in [9.17, 15) is 0 Å². The van der Waals surface area contributed by atoms with Gasteiger partial charge in [0.1, 0.15) is 5.82 Å². The Hall–Kier alpha value is -1.13. The number of nitrogens with zero attached hydrogens (tertiary/aromatic N) is 1. The van der Waals surface area contributed by atoms with Gasteiger partial charge in [-0.25, -0.2) is 10.8 Å². The predicted molar refractivity (Wildman–Crippen MR) is 66.7 cm³/mol. The molecular weight excluding hydrogens is 254 g/mol. The largest absolute Gasteiger partial charge is 0.308 e. The molecular formula is C11H12BrN3. The quantitative estimate of drug-likeness (QED) is 0.616. The second kappa shape index (κ2) is 3.79. The van der Waals surface area contributed by atoms with Gasteiger partial charge in [-0.3, -0.25) is 0 Å². The first-order valence-electron chi connectivity index (χ1n) is 4.66. The maximum absolute atomic E-state index is 5.40. The van der Waals surface area contributed by atoms with Crippen LogP contribution in [0.25, 0.3) is 10.9 Å². The maximum Gasteiger partial charge on any atom is 0.143 e. The summed E-state index contributed by atoms with van der Waals surface area (Å²) in [6.45, 7) is 4.02. The smallest absolute Gasteiger partial charge is 0.143 e. The summed E-state index contributed by atoms with van der Waals surface area (Å²) in [4.78, 5) is 4.48. The average Bonchev–Trinajstić information content (AvgIpc) is 2.16. The first-order chi connectivity index (χ1) is 7.11. The fourth-order valence-corrected chi connectivity index (χ4v) is 2.26. The highest BCUT2D eigenvalue weighted by Gasteiger charge is 2.05. The average molecular weight is 266 g/mol. The number of halogens is 1. The Labute approximate surface area is 96.8 Å². The van der Waals surface area contributed by atoms with Gasteiger partial charge in [-0.15, -0.1) is 0 Å². The van der Waals surface area contributed by atoms with Gasteiger partial charge in [0.25, 0.3) is 0 Å². The fourth-order valence-electron chi connectivity index (χ4n) is 1.67. The van der Waals surface area contributed by atoms with Gasteiger partial charge in [0.05, 0.1) is 5.52 Å².